The van der Waals surface area contributed by atoms with E-state index >= 15 is 0 Å². The number of carbonyl (C=O) groups excluding carboxylic acids is 1. The SMILES string of the molecule is CCC1CCC2C3CCC4(C)C(C(C)=O)CCC4C3CC[C@]2(C)C1.CO. The number of rotatable bonds is 2. The van der Waals surface area contributed by atoms with Gasteiger partial charge in [-0.2, -0.15) is 0 Å². The van der Waals surface area contributed by atoms with E-state index in [-0.39, 0.29) is 0 Å². The van der Waals surface area contributed by atoms with Crippen molar-refractivity contribution in [3.8, 4) is 0 Å². The van der Waals surface area contributed by atoms with E-state index in [2.05, 4.69) is 20.8 Å². The van der Waals surface area contributed by atoms with Gasteiger partial charge in [0.15, 0.2) is 0 Å². The van der Waals surface area contributed by atoms with Crippen molar-refractivity contribution in [3.63, 3.8) is 0 Å². The molecular formula is C24H42O2. The van der Waals surface area contributed by atoms with Crippen LogP contribution in [-0.2, 0) is 4.79 Å². The first-order valence-corrected chi connectivity index (χ1v) is 11.3. The van der Waals surface area contributed by atoms with E-state index in [1.165, 1.54) is 64.2 Å². The van der Waals surface area contributed by atoms with Crippen LogP contribution < -0.4 is 0 Å². The maximum absolute atomic E-state index is 12.2. The van der Waals surface area contributed by atoms with Gasteiger partial charge < -0.3 is 5.11 Å². The van der Waals surface area contributed by atoms with Crippen LogP contribution in [0.3, 0.4) is 0 Å². The van der Waals surface area contributed by atoms with Crippen molar-refractivity contribution in [1.29, 1.82) is 0 Å². The summed E-state index contributed by atoms with van der Waals surface area (Å²) in [5.41, 5.74) is 0.966. The van der Waals surface area contributed by atoms with Crippen LogP contribution in [0.4, 0.5) is 0 Å². The lowest BCUT2D eigenvalue weighted by atomic mass is 9.45. The normalized spacial score (nSPS) is 49.9. The fourth-order valence-corrected chi connectivity index (χ4v) is 8.44. The molecule has 0 radical (unpaired) electrons. The van der Waals surface area contributed by atoms with Crippen LogP contribution >= 0.6 is 0 Å². The Morgan fingerprint density at radius 3 is 2.19 bits per heavy atom. The minimum Gasteiger partial charge on any atom is -0.400 e. The molecule has 0 aromatic heterocycles. The Hall–Kier alpha value is -0.370. The summed E-state index contributed by atoms with van der Waals surface area (Å²) in [6, 6.07) is 0. The van der Waals surface area contributed by atoms with Gasteiger partial charge >= 0.3 is 0 Å². The smallest absolute Gasteiger partial charge is 0.133 e. The predicted molar refractivity (Wildman–Crippen MR) is 108 cm³/mol. The van der Waals surface area contributed by atoms with E-state index in [4.69, 9.17) is 5.11 Å². The standard InChI is InChI=1S/C23H38O.CH4O/c1-5-16-6-7-20-17-11-13-23(4)19(15(2)24)8-9-21(23)18(17)10-12-22(20,3)14-16;1-2/h16-21H,5-14H2,1-4H3;2H,1H3/t16?,17?,18?,19?,20?,21?,22-,23?;/m1./s1. The van der Waals surface area contributed by atoms with Crippen molar-refractivity contribution in [2.45, 2.75) is 91.9 Å². The second kappa shape index (κ2) is 7.57. The Kier molecular flexibility index (Phi) is 5.93. The third kappa shape index (κ3) is 3.09. The summed E-state index contributed by atoms with van der Waals surface area (Å²) in [5.74, 6) is 5.58. The molecule has 1 N–H and O–H groups in total. The Morgan fingerprint density at radius 2 is 1.54 bits per heavy atom. The summed E-state index contributed by atoms with van der Waals surface area (Å²) in [6.07, 6.45) is 14.0. The molecule has 26 heavy (non-hydrogen) atoms. The van der Waals surface area contributed by atoms with Crippen LogP contribution in [0.25, 0.3) is 0 Å². The molecule has 0 spiro atoms. The van der Waals surface area contributed by atoms with Gasteiger partial charge in [0, 0.05) is 13.0 Å². The molecule has 4 saturated carbocycles. The highest BCUT2D eigenvalue weighted by Gasteiger charge is 2.59. The molecule has 7 unspecified atom stereocenters. The second-order valence-corrected chi connectivity index (χ2v) is 10.6. The summed E-state index contributed by atoms with van der Waals surface area (Å²) < 4.78 is 0. The zero-order chi connectivity index (χ0) is 19.1. The second-order valence-electron chi connectivity index (χ2n) is 10.6. The van der Waals surface area contributed by atoms with E-state index in [1.54, 1.807) is 0 Å². The first-order chi connectivity index (χ1) is 12.4. The number of aliphatic hydroxyl groups excluding tert-OH is 1. The number of Topliss-reactive ketones (excluding diaryl/α,β-unsaturated/α-hetero) is 1. The van der Waals surface area contributed by atoms with E-state index in [0.717, 1.165) is 36.7 Å². The minimum absolute atomic E-state index is 0.335. The number of carbonyl (C=O) groups is 1. The molecule has 150 valence electrons. The predicted octanol–water partition coefficient (Wildman–Crippen LogP) is 5.87. The molecule has 4 aliphatic carbocycles. The van der Waals surface area contributed by atoms with E-state index in [0.29, 0.717) is 22.5 Å². The van der Waals surface area contributed by atoms with Crippen LogP contribution in [-0.4, -0.2) is 18.0 Å². The lowest BCUT2D eigenvalue weighted by Gasteiger charge is -2.60. The van der Waals surface area contributed by atoms with Crippen LogP contribution in [0.1, 0.15) is 91.9 Å². The maximum atomic E-state index is 12.2. The summed E-state index contributed by atoms with van der Waals surface area (Å²) in [6.45, 7) is 9.37. The molecule has 0 aliphatic heterocycles. The highest BCUT2D eigenvalue weighted by molar-refractivity contribution is 5.79. The van der Waals surface area contributed by atoms with E-state index in [1.807, 2.05) is 6.92 Å². The van der Waals surface area contributed by atoms with Gasteiger partial charge in [-0.3, -0.25) is 4.79 Å². The summed E-state index contributed by atoms with van der Waals surface area (Å²) in [4.78, 5) is 12.2. The van der Waals surface area contributed by atoms with Crippen molar-refractivity contribution in [3.05, 3.63) is 0 Å². The van der Waals surface area contributed by atoms with Crippen molar-refractivity contribution < 1.29 is 9.90 Å². The molecule has 0 bridgehead atoms. The lowest BCUT2D eigenvalue weighted by molar-refractivity contribution is -0.131. The van der Waals surface area contributed by atoms with E-state index < -0.39 is 0 Å². The topological polar surface area (TPSA) is 37.3 Å². The van der Waals surface area contributed by atoms with Crippen LogP contribution in [0.2, 0.25) is 0 Å². The Balaban J connectivity index is 0.000000948. The number of aliphatic hydroxyl groups is 1. The first kappa shape index (κ1) is 20.4. The number of hydrogen-bond donors (Lipinski definition) is 1. The van der Waals surface area contributed by atoms with Crippen molar-refractivity contribution in [2.24, 2.45) is 46.3 Å². The molecular weight excluding hydrogens is 320 g/mol. The van der Waals surface area contributed by atoms with Gasteiger partial charge in [0.2, 0.25) is 0 Å². The molecule has 2 heteroatoms. The van der Waals surface area contributed by atoms with Gasteiger partial charge in [0.1, 0.15) is 5.78 Å². The Bertz CT molecular complexity index is 514. The molecule has 4 aliphatic rings. The van der Waals surface area contributed by atoms with Crippen LogP contribution in [0.15, 0.2) is 0 Å². The number of ketones is 1. The zero-order valence-electron chi connectivity index (χ0n) is 17.9. The van der Waals surface area contributed by atoms with Gasteiger partial charge in [-0.05, 0) is 98.7 Å². The fourth-order valence-electron chi connectivity index (χ4n) is 8.44. The van der Waals surface area contributed by atoms with Crippen molar-refractivity contribution in [2.75, 3.05) is 7.11 Å². The summed E-state index contributed by atoms with van der Waals surface area (Å²) in [5, 5.41) is 7.00. The van der Waals surface area contributed by atoms with E-state index in [9.17, 15) is 4.79 Å². The van der Waals surface area contributed by atoms with Crippen LogP contribution in [0.5, 0.6) is 0 Å². The van der Waals surface area contributed by atoms with Gasteiger partial charge in [-0.25, -0.2) is 0 Å². The highest BCUT2D eigenvalue weighted by Crippen LogP contribution is 2.66. The van der Waals surface area contributed by atoms with Gasteiger partial charge in [-0.1, -0.05) is 33.6 Å². The third-order valence-electron chi connectivity index (χ3n) is 9.66. The monoisotopic (exact) mass is 362 g/mol. The quantitative estimate of drug-likeness (QED) is 0.667. The molecule has 0 aromatic carbocycles. The molecule has 0 heterocycles. The van der Waals surface area contributed by atoms with Gasteiger partial charge in [0.05, 0.1) is 0 Å². The molecule has 8 atom stereocenters. The maximum Gasteiger partial charge on any atom is 0.133 e. The molecule has 4 fully saturated rings. The molecule has 2 nitrogen and oxygen atoms in total. The summed E-state index contributed by atoms with van der Waals surface area (Å²) >= 11 is 0. The lowest BCUT2D eigenvalue weighted by Crippen LogP contribution is -2.52. The average Bonchev–Trinajstić information content (AvgIpc) is 2.99. The molecule has 0 saturated heterocycles. The molecule has 0 aromatic rings. The fraction of sp³-hybridized carbons (Fsp3) is 0.958. The third-order valence-corrected chi connectivity index (χ3v) is 9.66. The number of hydrogen-bond acceptors (Lipinski definition) is 2. The van der Waals surface area contributed by atoms with Gasteiger partial charge in [-0.15, -0.1) is 0 Å². The first-order valence-electron chi connectivity index (χ1n) is 11.3. The molecule has 4 rings (SSSR count). The number of fused-ring (bicyclic) bond motifs is 5. The highest BCUT2D eigenvalue weighted by atomic mass is 16.2. The molecule has 0 amide bonds. The van der Waals surface area contributed by atoms with Crippen molar-refractivity contribution in [1.82, 2.24) is 0 Å². The van der Waals surface area contributed by atoms with Gasteiger partial charge in [0.25, 0.3) is 0 Å². The zero-order valence-corrected chi connectivity index (χ0v) is 17.9. The average molecular weight is 363 g/mol. The summed E-state index contributed by atoms with van der Waals surface area (Å²) in [7, 11) is 1.00. The Labute approximate surface area is 161 Å². The minimum atomic E-state index is 0.335. The van der Waals surface area contributed by atoms with Crippen LogP contribution in [0, 0.1) is 46.3 Å². The van der Waals surface area contributed by atoms with Crippen molar-refractivity contribution >= 4 is 5.78 Å². The largest absolute Gasteiger partial charge is 0.400 e. The Morgan fingerprint density at radius 1 is 0.923 bits per heavy atom.